The van der Waals surface area contributed by atoms with Crippen molar-refractivity contribution in [3.63, 3.8) is 0 Å². The minimum atomic E-state index is -0.467. The molecule has 0 aromatic carbocycles. The molecule has 0 spiro atoms. The lowest BCUT2D eigenvalue weighted by Crippen LogP contribution is -2.28. The Balaban J connectivity index is 3.01. The van der Waals surface area contributed by atoms with E-state index in [9.17, 15) is 9.59 Å². The summed E-state index contributed by atoms with van der Waals surface area (Å²) < 4.78 is 2.06. The van der Waals surface area contributed by atoms with Crippen molar-refractivity contribution in [3.8, 4) is 0 Å². The Bertz CT molecular complexity index is 487. The Kier molecular flexibility index (Phi) is 4.05. The molecule has 0 unspecified atom stereocenters. The van der Waals surface area contributed by atoms with E-state index in [0.717, 1.165) is 10.1 Å². The van der Waals surface area contributed by atoms with Gasteiger partial charge in [-0.2, -0.15) is 0 Å². The first-order valence-corrected chi connectivity index (χ1v) is 5.08. The number of allylic oxidation sites excluding steroid dienone is 1. The zero-order chi connectivity index (χ0) is 11.4. The van der Waals surface area contributed by atoms with Gasteiger partial charge in [0.15, 0.2) is 0 Å². The van der Waals surface area contributed by atoms with Crippen LogP contribution in [0.3, 0.4) is 0 Å². The van der Waals surface area contributed by atoms with Crippen molar-refractivity contribution in [2.75, 3.05) is 6.61 Å². The van der Waals surface area contributed by atoms with Crippen LogP contribution in [0.25, 0.3) is 0 Å². The second kappa shape index (κ2) is 5.09. The van der Waals surface area contributed by atoms with Gasteiger partial charge < -0.3 is 5.11 Å². The maximum Gasteiger partial charge on any atom is 0.328 e. The summed E-state index contributed by atoms with van der Waals surface area (Å²) in [6.07, 6.45) is 1.41. The topological polar surface area (TPSA) is 75.1 Å². The lowest BCUT2D eigenvalue weighted by atomic mass is 10.3. The van der Waals surface area contributed by atoms with Crippen LogP contribution in [0.1, 0.15) is 6.92 Å². The molecule has 0 aliphatic carbocycles. The molecule has 0 aliphatic rings. The smallest absolute Gasteiger partial charge is 0.328 e. The largest absolute Gasteiger partial charge is 0.392 e. The number of aromatic nitrogens is 2. The number of hydrogen-bond acceptors (Lipinski definition) is 3. The zero-order valence-electron chi connectivity index (χ0n) is 8.16. The van der Waals surface area contributed by atoms with Crippen molar-refractivity contribution in [2.45, 2.75) is 13.5 Å². The standard InChI is InChI=1S/C9H11BrN2O3/c1-6(5-13)7(10)4-12-3-2-8(14)11-9(12)15/h2-3,13H,4-5H2,1H3,(H,11,14,15)/b7-6-. The fraction of sp³-hybridized carbons (Fsp3) is 0.333. The molecule has 0 fully saturated rings. The summed E-state index contributed by atoms with van der Waals surface area (Å²) >= 11 is 3.26. The van der Waals surface area contributed by atoms with Crippen LogP contribution in [0.15, 0.2) is 31.9 Å². The van der Waals surface area contributed by atoms with Gasteiger partial charge in [0.25, 0.3) is 5.56 Å². The molecule has 5 nitrogen and oxygen atoms in total. The predicted molar refractivity (Wildman–Crippen MR) is 60.0 cm³/mol. The van der Waals surface area contributed by atoms with Gasteiger partial charge in [-0.05, 0) is 12.5 Å². The Morgan fingerprint density at radius 1 is 1.60 bits per heavy atom. The minimum Gasteiger partial charge on any atom is -0.392 e. The summed E-state index contributed by atoms with van der Waals surface area (Å²) in [7, 11) is 0. The molecule has 0 bridgehead atoms. The van der Waals surface area contributed by atoms with Crippen LogP contribution in [0.5, 0.6) is 0 Å². The highest BCUT2D eigenvalue weighted by atomic mass is 79.9. The SMILES string of the molecule is C/C(CO)=C(/Br)Cn1ccc(=O)[nH]c1=O. The number of nitrogens with one attached hydrogen (secondary N) is 1. The molecule has 0 atom stereocenters. The van der Waals surface area contributed by atoms with Crippen LogP contribution in [0, 0.1) is 0 Å². The second-order valence-corrected chi connectivity index (χ2v) is 4.04. The van der Waals surface area contributed by atoms with E-state index in [2.05, 4.69) is 20.9 Å². The van der Waals surface area contributed by atoms with Gasteiger partial charge >= 0.3 is 5.69 Å². The molecule has 1 heterocycles. The number of aliphatic hydroxyl groups is 1. The monoisotopic (exact) mass is 274 g/mol. The first-order chi connectivity index (χ1) is 7.04. The molecule has 15 heavy (non-hydrogen) atoms. The van der Waals surface area contributed by atoms with Crippen molar-refractivity contribution in [3.05, 3.63) is 43.2 Å². The van der Waals surface area contributed by atoms with Crippen LogP contribution in [-0.4, -0.2) is 21.3 Å². The van der Waals surface area contributed by atoms with E-state index in [0.29, 0.717) is 6.54 Å². The third kappa shape index (κ3) is 3.17. The molecule has 0 aliphatic heterocycles. The van der Waals surface area contributed by atoms with E-state index in [4.69, 9.17) is 5.11 Å². The summed E-state index contributed by atoms with van der Waals surface area (Å²) in [6, 6.07) is 1.27. The maximum atomic E-state index is 11.3. The van der Waals surface area contributed by atoms with Gasteiger partial charge in [0.1, 0.15) is 0 Å². The van der Waals surface area contributed by atoms with Crippen LogP contribution in [-0.2, 0) is 6.54 Å². The molecule has 0 amide bonds. The van der Waals surface area contributed by atoms with Gasteiger partial charge in [-0.25, -0.2) is 4.79 Å². The van der Waals surface area contributed by atoms with Crippen LogP contribution in [0.2, 0.25) is 0 Å². The molecule has 1 aromatic heterocycles. The lowest BCUT2D eigenvalue weighted by molar-refractivity contribution is 0.330. The third-order valence-electron chi connectivity index (χ3n) is 1.91. The summed E-state index contributed by atoms with van der Waals surface area (Å²) in [5.41, 5.74) is -0.145. The number of halogens is 1. The van der Waals surface area contributed by atoms with Crippen molar-refractivity contribution >= 4 is 15.9 Å². The van der Waals surface area contributed by atoms with Gasteiger partial charge in [-0.15, -0.1) is 0 Å². The third-order valence-corrected chi connectivity index (χ3v) is 2.83. The van der Waals surface area contributed by atoms with E-state index in [-0.39, 0.29) is 6.61 Å². The summed E-state index contributed by atoms with van der Waals surface area (Å²) in [6.45, 7) is 1.97. The minimum absolute atomic E-state index is 0.0707. The van der Waals surface area contributed by atoms with Crippen molar-refractivity contribution in [1.82, 2.24) is 9.55 Å². The Morgan fingerprint density at radius 3 is 2.80 bits per heavy atom. The molecule has 1 aromatic rings. The average Bonchev–Trinajstić information content (AvgIpc) is 2.20. The molecule has 0 radical (unpaired) electrons. The van der Waals surface area contributed by atoms with Gasteiger partial charge in [-0.1, -0.05) is 15.9 Å². The van der Waals surface area contributed by atoms with Gasteiger partial charge in [0.05, 0.1) is 13.2 Å². The highest BCUT2D eigenvalue weighted by Crippen LogP contribution is 2.12. The number of hydrogen-bond donors (Lipinski definition) is 2. The predicted octanol–water partition coefficient (Wildman–Crippen LogP) is 0.198. The summed E-state index contributed by atoms with van der Waals surface area (Å²) in [5.74, 6) is 0. The van der Waals surface area contributed by atoms with Gasteiger partial charge in [-0.3, -0.25) is 14.3 Å². The van der Waals surface area contributed by atoms with Crippen molar-refractivity contribution < 1.29 is 5.11 Å². The Morgan fingerprint density at radius 2 is 2.27 bits per heavy atom. The Labute approximate surface area is 94.2 Å². The first-order valence-electron chi connectivity index (χ1n) is 4.29. The number of aromatic amines is 1. The van der Waals surface area contributed by atoms with Gasteiger partial charge in [0.2, 0.25) is 0 Å². The number of nitrogens with zero attached hydrogens (tertiary/aromatic N) is 1. The van der Waals surface area contributed by atoms with E-state index in [1.165, 1.54) is 16.8 Å². The fourth-order valence-corrected chi connectivity index (χ4v) is 1.33. The summed E-state index contributed by atoms with van der Waals surface area (Å²) in [4.78, 5) is 24.2. The van der Waals surface area contributed by atoms with E-state index in [1.54, 1.807) is 6.92 Å². The number of rotatable bonds is 3. The molecule has 0 saturated carbocycles. The maximum absolute atomic E-state index is 11.3. The van der Waals surface area contributed by atoms with E-state index in [1.807, 2.05) is 0 Å². The van der Waals surface area contributed by atoms with E-state index >= 15 is 0 Å². The van der Waals surface area contributed by atoms with Crippen LogP contribution < -0.4 is 11.2 Å². The average molecular weight is 275 g/mol. The molecular weight excluding hydrogens is 264 g/mol. The fourth-order valence-electron chi connectivity index (χ4n) is 0.939. The van der Waals surface area contributed by atoms with Crippen molar-refractivity contribution in [1.29, 1.82) is 0 Å². The molecule has 0 saturated heterocycles. The van der Waals surface area contributed by atoms with Crippen LogP contribution >= 0.6 is 15.9 Å². The molecule has 82 valence electrons. The molecule has 2 N–H and O–H groups in total. The molecular formula is C9H11BrN2O3. The lowest BCUT2D eigenvalue weighted by Gasteiger charge is -2.05. The second-order valence-electron chi connectivity index (χ2n) is 3.08. The number of H-pyrrole nitrogens is 1. The first kappa shape index (κ1) is 11.9. The number of aliphatic hydroxyl groups excluding tert-OH is 1. The highest BCUT2D eigenvalue weighted by Gasteiger charge is 2.01. The molecule has 1 rings (SSSR count). The van der Waals surface area contributed by atoms with Crippen molar-refractivity contribution in [2.24, 2.45) is 0 Å². The van der Waals surface area contributed by atoms with Gasteiger partial charge in [0, 0.05) is 16.7 Å². The highest BCUT2D eigenvalue weighted by molar-refractivity contribution is 9.11. The van der Waals surface area contributed by atoms with E-state index < -0.39 is 11.2 Å². The quantitative estimate of drug-likeness (QED) is 0.827. The Hall–Kier alpha value is -1.14. The van der Waals surface area contributed by atoms with Crippen LogP contribution in [0.4, 0.5) is 0 Å². The summed E-state index contributed by atoms with van der Waals surface area (Å²) in [5, 5.41) is 8.86. The zero-order valence-corrected chi connectivity index (χ0v) is 9.74. The normalized spacial score (nSPS) is 12.5. The molecule has 6 heteroatoms.